The van der Waals surface area contributed by atoms with Crippen LogP contribution in [0.2, 0.25) is 0 Å². The van der Waals surface area contributed by atoms with E-state index in [1.807, 2.05) is 25.1 Å². The number of thiazole rings is 1. The van der Waals surface area contributed by atoms with E-state index in [2.05, 4.69) is 4.98 Å². The molecule has 110 valence electrons. The largest absolute Gasteiger partial charge is 0.481 e. The number of hydrogen-bond acceptors (Lipinski definition) is 6. The minimum Gasteiger partial charge on any atom is -0.481 e. The number of rotatable bonds is 5. The van der Waals surface area contributed by atoms with E-state index in [0.717, 1.165) is 37.7 Å². The van der Waals surface area contributed by atoms with Crippen molar-refractivity contribution in [2.45, 2.75) is 23.4 Å². The van der Waals surface area contributed by atoms with Gasteiger partial charge in [0.1, 0.15) is 0 Å². The molecule has 0 saturated carbocycles. The van der Waals surface area contributed by atoms with Gasteiger partial charge in [0.15, 0.2) is 15.8 Å². The van der Waals surface area contributed by atoms with Gasteiger partial charge < -0.3 is 14.6 Å². The number of aromatic nitrogens is 1. The first-order chi connectivity index (χ1) is 10.1. The summed E-state index contributed by atoms with van der Waals surface area (Å²) in [7, 11) is 0. The summed E-state index contributed by atoms with van der Waals surface area (Å²) in [5, 5.41) is 8.84. The SMILES string of the molecule is Cc1nc(SCc2ccc3c(c2)OCO3)sc1CC(=O)O. The first-order valence-electron chi connectivity index (χ1n) is 6.31. The molecule has 2 heterocycles. The molecule has 7 heteroatoms. The molecule has 0 bridgehead atoms. The molecule has 0 saturated heterocycles. The van der Waals surface area contributed by atoms with E-state index in [0.29, 0.717) is 0 Å². The van der Waals surface area contributed by atoms with Crippen LogP contribution in [0.15, 0.2) is 22.5 Å². The topological polar surface area (TPSA) is 68.7 Å². The van der Waals surface area contributed by atoms with Crippen LogP contribution >= 0.6 is 23.1 Å². The number of carboxylic acid groups (broad SMARTS) is 1. The summed E-state index contributed by atoms with van der Waals surface area (Å²) < 4.78 is 11.5. The third kappa shape index (κ3) is 3.30. The minimum atomic E-state index is -0.825. The number of thioether (sulfide) groups is 1. The van der Waals surface area contributed by atoms with E-state index in [1.165, 1.54) is 11.3 Å². The Hall–Kier alpha value is -1.73. The Morgan fingerprint density at radius 1 is 1.43 bits per heavy atom. The first-order valence-corrected chi connectivity index (χ1v) is 8.11. The van der Waals surface area contributed by atoms with Gasteiger partial charge in [0, 0.05) is 10.6 Å². The number of carboxylic acids is 1. The molecule has 0 fully saturated rings. The molecule has 5 nitrogen and oxygen atoms in total. The third-order valence-corrected chi connectivity index (χ3v) is 5.36. The molecule has 1 aliphatic heterocycles. The van der Waals surface area contributed by atoms with E-state index < -0.39 is 5.97 Å². The molecule has 0 amide bonds. The van der Waals surface area contributed by atoms with Gasteiger partial charge in [-0.3, -0.25) is 4.79 Å². The average molecular weight is 323 g/mol. The van der Waals surface area contributed by atoms with Gasteiger partial charge in [-0.1, -0.05) is 17.8 Å². The summed E-state index contributed by atoms with van der Waals surface area (Å²) in [6.07, 6.45) is 0.0358. The molecule has 0 atom stereocenters. The lowest BCUT2D eigenvalue weighted by Gasteiger charge is -2.01. The zero-order valence-electron chi connectivity index (χ0n) is 11.3. The summed E-state index contributed by atoms with van der Waals surface area (Å²) in [4.78, 5) is 16.0. The molecule has 21 heavy (non-hydrogen) atoms. The zero-order chi connectivity index (χ0) is 14.8. The van der Waals surface area contributed by atoms with Gasteiger partial charge in [0.2, 0.25) is 6.79 Å². The number of hydrogen-bond donors (Lipinski definition) is 1. The number of aliphatic carboxylic acids is 1. The molecular formula is C14H13NO4S2. The lowest BCUT2D eigenvalue weighted by Crippen LogP contribution is -1.99. The van der Waals surface area contributed by atoms with Crippen LogP contribution in [0.1, 0.15) is 16.1 Å². The maximum Gasteiger partial charge on any atom is 0.308 e. The molecule has 3 rings (SSSR count). The highest BCUT2D eigenvalue weighted by Crippen LogP contribution is 2.35. The molecule has 2 aromatic rings. The second-order valence-corrected chi connectivity index (χ2v) is 6.84. The summed E-state index contributed by atoms with van der Waals surface area (Å²) in [5.41, 5.74) is 1.92. The number of aryl methyl sites for hydroxylation is 1. The molecule has 1 N–H and O–H groups in total. The monoisotopic (exact) mass is 323 g/mol. The van der Waals surface area contributed by atoms with E-state index in [9.17, 15) is 4.79 Å². The third-order valence-electron chi connectivity index (χ3n) is 2.98. The van der Waals surface area contributed by atoms with Crippen molar-refractivity contribution >= 4 is 29.1 Å². The molecule has 1 aliphatic rings. The average Bonchev–Trinajstić information content (AvgIpc) is 3.02. The van der Waals surface area contributed by atoms with Crippen LogP contribution in [0, 0.1) is 6.92 Å². The summed E-state index contributed by atoms with van der Waals surface area (Å²) in [5.74, 6) is 1.48. The predicted octanol–water partition coefficient (Wildman–Crippen LogP) is 3.10. The number of carbonyl (C=O) groups is 1. The van der Waals surface area contributed by atoms with E-state index in [4.69, 9.17) is 14.6 Å². The molecule has 0 spiro atoms. The van der Waals surface area contributed by atoms with Crippen molar-refractivity contribution in [2.24, 2.45) is 0 Å². The smallest absolute Gasteiger partial charge is 0.308 e. The van der Waals surface area contributed by atoms with Gasteiger partial charge in [-0.25, -0.2) is 4.98 Å². The van der Waals surface area contributed by atoms with E-state index in [1.54, 1.807) is 11.8 Å². The Kier molecular flexibility index (Phi) is 4.03. The Morgan fingerprint density at radius 2 is 2.24 bits per heavy atom. The molecule has 1 aromatic heterocycles. The highest BCUT2D eigenvalue weighted by Gasteiger charge is 2.14. The second kappa shape index (κ2) is 5.95. The number of fused-ring (bicyclic) bond motifs is 1. The van der Waals surface area contributed by atoms with Crippen LogP contribution in [0.3, 0.4) is 0 Å². The zero-order valence-corrected chi connectivity index (χ0v) is 12.9. The Bertz CT molecular complexity index is 684. The molecule has 0 unspecified atom stereocenters. The van der Waals surface area contributed by atoms with Crippen molar-refractivity contribution in [1.29, 1.82) is 0 Å². The highest BCUT2D eigenvalue weighted by molar-refractivity contribution is 8.00. The maximum atomic E-state index is 10.8. The van der Waals surface area contributed by atoms with Crippen LogP contribution < -0.4 is 9.47 Å². The molecule has 0 aliphatic carbocycles. The lowest BCUT2D eigenvalue weighted by atomic mass is 10.2. The summed E-state index contributed by atoms with van der Waals surface area (Å²) in [6, 6.07) is 5.87. The number of benzene rings is 1. The number of ether oxygens (including phenoxy) is 2. The van der Waals surface area contributed by atoms with Crippen LogP contribution in [0.25, 0.3) is 0 Å². The number of nitrogens with zero attached hydrogens (tertiary/aromatic N) is 1. The van der Waals surface area contributed by atoms with Gasteiger partial charge >= 0.3 is 5.97 Å². The Morgan fingerprint density at radius 3 is 3.05 bits per heavy atom. The second-order valence-electron chi connectivity index (χ2n) is 4.54. The van der Waals surface area contributed by atoms with Crippen molar-refractivity contribution < 1.29 is 19.4 Å². The summed E-state index contributed by atoms with van der Waals surface area (Å²) in [6.45, 7) is 2.12. The Labute approximate surface area is 129 Å². The Balaban J connectivity index is 1.66. The first kappa shape index (κ1) is 14.2. The minimum absolute atomic E-state index is 0.0358. The van der Waals surface area contributed by atoms with Crippen LogP contribution in [0.4, 0.5) is 0 Å². The van der Waals surface area contributed by atoms with E-state index in [-0.39, 0.29) is 13.2 Å². The van der Waals surface area contributed by atoms with Gasteiger partial charge in [-0.2, -0.15) is 0 Å². The quantitative estimate of drug-likeness (QED) is 0.853. The molecule has 1 aromatic carbocycles. The fourth-order valence-corrected chi connectivity index (χ4v) is 4.11. The normalized spacial score (nSPS) is 12.6. The maximum absolute atomic E-state index is 10.8. The van der Waals surface area contributed by atoms with Gasteiger partial charge in [-0.15, -0.1) is 11.3 Å². The standard InChI is InChI=1S/C14H13NO4S2/c1-8-12(5-13(16)17)21-14(15-8)20-6-9-2-3-10-11(4-9)19-7-18-10/h2-4H,5-7H2,1H3,(H,16,17). The van der Waals surface area contributed by atoms with Crippen molar-refractivity contribution in [3.05, 3.63) is 34.3 Å². The van der Waals surface area contributed by atoms with Crippen LogP contribution in [-0.4, -0.2) is 22.9 Å². The van der Waals surface area contributed by atoms with Crippen molar-refractivity contribution in [3.8, 4) is 11.5 Å². The van der Waals surface area contributed by atoms with Gasteiger partial charge in [-0.05, 0) is 24.6 Å². The van der Waals surface area contributed by atoms with Gasteiger partial charge in [0.05, 0.1) is 12.1 Å². The van der Waals surface area contributed by atoms with Crippen LogP contribution in [0.5, 0.6) is 11.5 Å². The van der Waals surface area contributed by atoms with E-state index >= 15 is 0 Å². The van der Waals surface area contributed by atoms with Crippen LogP contribution in [-0.2, 0) is 17.0 Å². The lowest BCUT2D eigenvalue weighted by molar-refractivity contribution is -0.136. The van der Waals surface area contributed by atoms with Crippen molar-refractivity contribution in [2.75, 3.05) is 6.79 Å². The molecule has 0 radical (unpaired) electrons. The highest BCUT2D eigenvalue weighted by atomic mass is 32.2. The van der Waals surface area contributed by atoms with Gasteiger partial charge in [0.25, 0.3) is 0 Å². The fourth-order valence-electron chi connectivity index (χ4n) is 1.94. The van der Waals surface area contributed by atoms with Crippen molar-refractivity contribution in [3.63, 3.8) is 0 Å². The summed E-state index contributed by atoms with van der Waals surface area (Å²) >= 11 is 3.05. The predicted molar refractivity (Wildman–Crippen MR) is 80.3 cm³/mol. The fraction of sp³-hybridized carbons (Fsp3) is 0.286. The molecular weight excluding hydrogens is 310 g/mol. The van der Waals surface area contributed by atoms with Crippen molar-refractivity contribution in [1.82, 2.24) is 4.98 Å².